The predicted molar refractivity (Wildman–Crippen MR) is 138 cm³/mol. The molecule has 0 aliphatic carbocycles. The first kappa shape index (κ1) is 26.1. The van der Waals surface area contributed by atoms with Crippen LogP contribution >= 0.6 is 0 Å². The minimum absolute atomic E-state index is 0.0190. The lowest BCUT2D eigenvalue weighted by molar-refractivity contribution is 0.0730. The second kappa shape index (κ2) is 11.4. The Morgan fingerprint density at radius 3 is 1.89 bits per heavy atom. The van der Waals surface area contributed by atoms with Crippen LogP contribution in [0, 0.1) is 0 Å². The number of nitrogens with one attached hydrogen (secondary N) is 2. The van der Waals surface area contributed by atoms with Crippen LogP contribution in [0.3, 0.4) is 0 Å². The number of hydrogen-bond donors (Lipinski definition) is 2. The Kier molecular flexibility index (Phi) is 8.07. The van der Waals surface area contributed by atoms with E-state index in [-0.39, 0.29) is 40.9 Å². The van der Waals surface area contributed by atoms with Crippen LogP contribution in [0.4, 0.5) is 11.4 Å². The van der Waals surface area contributed by atoms with E-state index in [0.29, 0.717) is 30.2 Å². The molecule has 1 saturated heterocycles. The molecule has 0 saturated carbocycles. The molecule has 194 valence electrons. The van der Waals surface area contributed by atoms with Gasteiger partial charge in [-0.05, 0) is 30.3 Å². The topological polar surface area (TPSA) is 123 Å². The van der Waals surface area contributed by atoms with Crippen LogP contribution in [0.25, 0.3) is 0 Å². The van der Waals surface area contributed by atoms with Crippen molar-refractivity contribution in [3.63, 3.8) is 0 Å². The highest BCUT2D eigenvalue weighted by atomic mass is 32.2. The van der Waals surface area contributed by atoms with Crippen molar-refractivity contribution in [1.82, 2.24) is 4.31 Å². The number of morpholine rings is 1. The zero-order valence-corrected chi connectivity index (χ0v) is 21.2. The van der Waals surface area contributed by atoms with Gasteiger partial charge in [-0.3, -0.25) is 9.59 Å². The van der Waals surface area contributed by atoms with Crippen LogP contribution in [-0.4, -0.2) is 65.1 Å². The second-order valence-electron chi connectivity index (χ2n) is 8.07. The SMILES string of the molecule is COc1cc(NC(=O)c2cccc(S(=O)(=O)N3CCOCC3)c2)c(OC)cc1NC(=O)c1ccccc1. The molecule has 0 atom stereocenters. The minimum Gasteiger partial charge on any atom is -0.494 e. The highest BCUT2D eigenvalue weighted by molar-refractivity contribution is 7.89. The van der Waals surface area contributed by atoms with Gasteiger partial charge in [0.2, 0.25) is 10.0 Å². The van der Waals surface area contributed by atoms with Gasteiger partial charge < -0.3 is 24.8 Å². The molecule has 11 heteroatoms. The summed E-state index contributed by atoms with van der Waals surface area (Å²) in [6.45, 7) is 1.15. The van der Waals surface area contributed by atoms with Gasteiger partial charge in [0.25, 0.3) is 11.8 Å². The van der Waals surface area contributed by atoms with Gasteiger partial charge >= 0.3 is 0 Å². The summed E-state index contributed by atoms with van der Waals surface area (Å²) < 4.78 is 43.4. The molecule has 2 N–H and O–H groups in total. The van der Waals surface area contributed by atoms with E-state index in [2.05, 4.69) is 10.6 Å². The van der Waals surface area contributed by atoms with E-state index in [4.69, 9.17) is 14.2 Å². The molecule has 0 spiro atoms. The standard InChI is InChI=1S/C26H27N3O7S/c1-34-23-17-22(24(35-2)16-21(23)27-25(30)18-7-4-3-5-8-18)28-26(31)19-9-6-10-20(15-19)37(32,33)29-11-13-36-14-12-29/h3-10,15-17H,11-14H2,1-2H3,(H,27,30)(H,28,31). The number of methoxy groups -OCH3 is 2. The Balaban J connectivity index is 1.57. The number of carbonyl (C=O) groups excluding carboxylic acids is 2. The van der Waals surface area contributed by atoms with Gasteiger partial charge in [0.15, 0.2) is 0 Å². The summed E-state index contributed by atoms with van der Waals surface area (Å²) in [5, 5.41) is 5.52. The number of nitrogens with zero attached hydrogens (tertiary/aromatic N) is 1. The predicted octanol–water partition coefficient (Wildman–Crippen LogP) is 3.23. The minimum atomic E-state index is -3.77. The average Bonchev–Trinajstić information content (AvgIpc) is 2.94. The number of carbonyl (C=O) groups is 2. The first-order chi connectivity index (χ1) is 17.8. The van der Waals surface area contributed by atoms with Crippen LogP contribution in [0.1, 0.15) is 20.7 Å². The molecular weight excluding hydrogens is 498 g/mol. The Morgan fingerprint density at radius 2 is 1.32 bits per heavy atom. The van der Waals surface area contributed by atoms with Crippen molar-refractivity contribution in [3.05, 3.63) is 77.9 Å². The van der Waals surface area contributed by atoms with E-state index in [1.54, 1.807) is 24.3 Å². The quantitative estimate of drug-likeness (QED) is 0.463. The Hall–Kier alpha value is -3.93. The largest absolute Gasteiger partial charge is 0.494 e. The number of sulfonamides is 1. The lowest BCUT2D eigenvalue weighted by Gasteiger charge is -2.26. The molecule has 1 fully saturated rings. The monoisotopic (exact) mass is 525 g/mol. The second-order valence-corrected chi connectivity index (χ2v) is 10.0. The maximum atomic E-state index is 13.1. The molecule has 1 heterocycles. The maximum absolute atomic E-state index is 13.1. The van der Waals surface area contributed by atoms with Gasteiger partial charge in [0.05, 0.1) is 43.7 Å². The van der Waals surface area contributed by atoms with Crippen LogP contribution in [0.2, 0.25) is 0 Å². The molecule has 0 radical (unpaired) electrons. The van der Waals surface area contributed by atoms with Gasteiger partial charge in [-0.1, -0.05) is 24.3 Å². The number of rotatable bonds is 8. The lowest BCUT2D eigenvalue weighted by atomic mass is 10.1. The number of amides is 2. The number of ether oxygens (including phenoxy) is 3. The van der Waals surface area contributed by atoms with Crippen molar-refractivity contribution in [2.75, 3.05) is 51.2 Å². The van der Waals surface area contributed by atoms with Crippen molar-refractivity contribution in [2.45, 2.75) is 4.90 Å². The van der Waals surface area contributed by atoms with Crippen LogP contribution in [0.15, 0.2) is 71.6 Å². The van der Waals surface area contributed by atoms with Gasteiger partial charge in [-0.2, -0.15) is 4.31 Å². The number of hydrogen-bond acceptors (Lipinski definition) is 7. The molecule has 10 nitrogen and oxygen atoms in total. The summed E-state index contributed by atoms with van der Waals surface area (Å²) in [6, 6.07) is 17.6. The van der Waals surface area contributed by atoms with Crippen molar-refractivity contribution >= 4 is 33.2 Å². The average molecular weight is 526 g/mol. The van der Waals surface area contributed by atoms with E-state index < -0.39 is 15.9 Å². The summed E-state index contributed by atoms with van der Waals surface area (Å²) >= 11 is 0. The molecule has 3 aromatic carbocycles. The first-order valence-corrected chi connectivity index (χ1v) is 12.9. The third kappa shape index (κ3) is 5.91. The molecular formula is C26H27N3O7S. The third-order valence-electron chi connectivity index (χ3n) is 5.76. The first-order valence-electron chi connectivity index (χ1n) is 11.4. The molecule has 1 aliphatic rings. The highest BCUT2D eigenvalue weighted by Gasteiger charge is 2.27. The summed E-state index contributed by atoms with van der Waals surface area (Å²) in [4.78, 5) is 25.7. The molecule has 2 amide bonds. The fourth-order valence-electron chi connectivity index (χ4n) is 3.81. The summed E-state index contributed by atoms with van der Waals surface area (Å²) in [6.07, 6.45) is 0. The Bertz CT molecular complexity index is 1390. The van der Waals surface area contributed by atoms with Crippen LogP contribution < -0.4 is 20.1 Å². The molecule has 1 aliphatic heterocycles. The van der Waals surface area contributed by atoms with Gasteiger partial charge in [-0.15, -0.1) is 0 Å². The molecule has 37 heavy (non-hydrogen) atoms. The zero-order chi connectivity index (χ0) is 26.4. The lowest BCUT2D eigenvalue weighted by Crippen LogP contribution is -2.40. The van der Waals surface area contributed by atoms with Crippen LogP contribution in [0.5, 0.6) is 11.5 Å². The zero-order valence-electron chi connectivity index (χ0n) is 20.4. The molecule has 4 rings (SSSR count). The summed E-state index contributed by atoms with van der Waals surface area (Å²) in [7, 11) is -0.904. The molecule has 0 unspecified atom stereocenters. The third-order valence-corrected chi connectivity index (χ3v) is 7.65. The molecule has 0 bridgehead atoms. The number of anilines is 2. The van der Waals surface area contributed by atoms with Crippen molar-refractivity contribution in [2.24, 2.45) is 0 Å². The summed E-state index contributed by atoms with van der Waals surface area (Å²) in [5.74, 6) is -0.310. The van der Waals surface area contributed by atoms with E-state index in [1.165, 1.54) is 54.9 Å². The Labute approximate surface area is 215 Å². The van der Waals surface area contributed by atoms with Crippen molar-refractivity contribution < 1.29 is 32.2 Å². The van der Waals surface area contributed by atoms with Crippen molar-refractivity contribution in [1.29, 1.82) is 0 Å². The molecule has 0 aromatic heterocycles. The van der Waals surface area contributed by atoms with Crippen LogP contribution in [-0.2, 0) is 14.8 Å². The van der Waals surface area contributed by atoms with E-state index in [9.17, 15) is 18.0 Å². The highest BCUT2D eigenvalue weighted by Crippen LogP contribution is 2.37. The van der Waals surface area contributed by atoms with E-state index >= 15 is 0 Å². The normalized spacial score (nSPS) is 14.0. The van der Waals surface area contributed by atoms with E-state index in [1.807, 2.05) is 6.07 Å². The number of benzene rings is 3. The maximum Gasteiger partial charge on any atom is 0.255 e. The summed E-state index contributed by atoms with van der Waals surface area (Å²) in [5.41, 5.74) is 1.25. The fraction of sp³-hybridized carbons (Fsp3) is 0.231. The molecule has 3 aromatic rings. The van der Waals surface area contributed by atoms with Gasteiger partial charge in [0.1, 0.15) is 11.5 Å². The van der Waals surface area contributed by atoms with E-state index in [0.717, 1.165) is 0 Å². The van der Waals surface area contributed by atoms with Crippen molar-refractivity contribution in [3.8, 4) is 11.5 Å². The Morgan fingerprint density at radius 1 is 0.784 bits per heavy atom. The van der Waals surface area contributed by atoms with Gasteiger partial charge in [0, 0.05) is 36.3 Å². The van der Waals surface area contributed by atoms with Gasteiger partial charge in [-0.25, -0.2) is 8.42 Å². The fourth-order valence-corrected chi connectivity index (χ4v) is 5.26. The smallest absolute Gasteiger partial charge is 0.255 e.